The van der Waals surface area contributed by atoms with Gasteiger partial charge >= 0.3 is 0 Å². The lowest BCUT2D eigenvalue weighted by atomic mass is 10.1. The van der Waals surface area contributed by atoms with Crippen LogP contribution in [0.5, 0.6) is 5.75 Å². The zero-order valence-corrected chi connectivity index (χ0v) is 19.3. The van der Waals surface area contributed by atoms with Crippen LogP contribution in [-0.2, 0) is 22.6 Å². The Morgan fingerprint density at radius 2 is 1.67 bits per heavy atom. The molecule has 0 aliphatic carbocycles. The molecule has 2 aromatic rings. The summed E-state index contributed by atoms with van der Waals surface area (Å²) in [5.74, 6) is 0.311. The second-order valence-corrected chi connectivity index (χ2v) is 8.05. The monoisotopic (exact) mass is 450 g/mol. The number of carbonyl (C=O) groups excluding carboxylic acids is 2. The third-order valence-corrected chi connectivity index (χ3v) is 5.78. The van der Waals surface area contributed by atoms with E-state index in [9.17, 15) is 9.59 Å². The van der Waals surface area contributed by atoms with Gasteiger partial charge in [0.15, 0.2) is 0 Å². The van der Waals surface area contributed by atoms with Crippen LogP contribution in [0, 0.1) is 0 Å². The quantitative estimate of drug-likeness (QED) is 0.592. The van der Waals surface area contributed by atoms with E-state index in [-0.39, 0.29) is 30.8 Å². The molecular formula is C23H28Cl2N2O3. The fraction of sp³-hybridized carbons (Fsp3) is 0.391. The maximum Gasteiger partial charge on any atom is 0.242 e. The lowest BCUT2D eigenvalue weighted by molar-refractivity contribution is -0.140. The molecule has 0 heterocycles. The van der Waals surface area contributed by atoms with Crippen LogP contribution in [0.3, 0.4) is 0 Å². The molecule has 30 heavy (non-hydrogen) atoms. The number of carbonyl (C=O) groups is 2. The van der Waals surface area contributed by atoms with Gasteiger partial charge in [0.1, 0.15) is 11.8 Å². The molecule has 5 nitrogen and oxygen atoms in total. The number of hydrogen-bond donors (Lipinski definition) is 1. The molecule has 0 aliphatic rings. The number of amides is 2. The minimum atomic E-state index is -0.683. The van der Waals surface area contributed by atoms with Crippen LogP contribution in [0.4, 0.5) is 0 Å². The van der Waals surface area contributed by atoms with Crippen LogP contribution in [0.15, 0.2) is 42.5 Å². The fourth-order valence-corrected chi connectivity index (χ4v) is 3.44. The summed E-state index contributed by atoms with van der Waals surface area (Å²) in [7, 11) is 1.59. The summed E-state index contributed by atoms with van der Waals surface area (Å²) in [6.07, 6.45) is 0.946. The number of ether oxygens (including phenoxy) is 1. The predicted octanol–water partition coefficient (Wildman–Crippen LogP) is 4.88. The van der Waals surface area contributed by atoms with E-state index in [0.29, 0.717) is 21.4 Å². The smallest absolute Gasteiger partial charge is 0.242 e. The largest absolute Gasteiger partial charge is 0.497 e. The summed E-state index contributed by atoms with van der Waals surface area (Å²) in [6.45, 7) is 5.78. The van der Waals surface area contributed by atoms with Gasteiger partial charge in [0.2, 0.25) is 11.8 Å². The number of nitrogens with zero attached hydrogens (tertiary/aromatic N) is 1. The van der Waals surface area contributed by atoms with Crippen LogP contribution in [-0.4, -0.2) is 35.9 Å². The van der Waals surface area contributed by atoms with Crippen molar-refractivity contribution in [2.24, 2.45) is 0 Å². The third kappa shape index (κ3) is 6.38. The SMILES string of the molecule is CC[C@@H](C)NC(=O)[C@H](C)N(Cc1c(Cl)cccc1Cl)C(=O)Cc1ccc(OC)cc1. The van der Waals surface area contributed by atoms with Crippen molar-refractivity contribution < 1.29 is 14.3 Å². The van der Waals surface area contributed by atoms with E-state index in [1.165, 1.54) is 4.90 Å². The molecule has 2 rings (SSSR count). The summed E-state index contributed by atoms with van der Waals surface area (Å²) < 4.78 is 5.17. The zero-order chi connectivity index (χ0) is 22.3. The Balaban J connectivity index is 2.28. The molecule has 0 bridgehead atoms. The van der Waals surface area contributed by atoms with E-state index in [0.717, 1.165) is 12.0 Å². The first-order valence-electron chi connectivity index (χ1n) is 9.92. The molecule has 162 valence electrons. The van der Waals surface area contributed by atoms with Gasteiger partial charge in [-0.1, -0.05) is 48.3 Å². The Morgan fingerprint density at radius 3 is 2.20 bits per heavy atom. The Kier molecular flexibility index (Phi) is 9.00. The molecule has 0 radical (unpaired) electrons. The van der Waals surface area contributed by atoms with Gasteiger partial charge in [-0.15, -0.1) is 0 Å². The number of hydrogen-bond acceptors (Lipinski definition) is 3. The highest BCUT2D eigenvalue weighted by Crippen LogP contribution is 2.27. The number of rotatable bonds is 9. The second kappa shape index (κ2) is 11.2. The molecule has 0 aromatic heterocycles. The first-order chi connectivity index (χ1) is 14.3. The van der Waals surface area contributed by atoms with Crippen molar-refractivity contribution >= 4 is 35.0 Å². The van der Waals surface area contributed by atoms with Crippen LogP contribution in [0.1, 0.15) is 38.3 Å². The maximum atomic E-state index is 13.2. The Hall–Kier alpha value is -2.24. The van der Waals surface area contributed by atoms with E-state index in [4.69, 9.17) is 27.9 Å². The van der Waals surface area contributed by atoms with Crippen molar-refractivity contribution in [1.29, 1.82) is 0 Å². The number of nitrogens with one attached hydrogen (secondary N) is 1. The molecule has 2 amide bonds. The summed E-state index contributed by atoms with van der Waals surface area (Å²) in [4.78, 5) is 27.5. The molecule has 0 saturated heterocycles. The number of halogens is 2. The van der Waals surface area contributed by atoms with Gasteiger partial charge in [0.25, 0.3) is 0 Å². The zero-order valence-electron chi connectivity index (χ0n) is 17.7. The standard InChI is InChI=1S/C23H28Cl2N2O3/c1-5-15(2)26-23(29)16(3)27(14-19-20(24)7-6-8-21(19)25)22(28)13-17-9-11-18(30-4)12-10-17/h6-12,15-16H,5,13-14H2,1-4H3,(H,26,29)/t15-,16+/m1/s1. The Labute approximate surface area is 188 Å². The molecule has 0 unspecified atom stereocenters. The molecule has 2 aromatic carbocycles. The molecule has 0 saturated carbocycles. The van der Waals surface area contributed by atoms with Crippen LogP contribution < -0.4 is 10.1 Å². The highest BCUT2D eigenvalue weighted by Gasteiger charge is 2.28. The van der Waals surface area contributed by atoms with Gasteiger partial charge in [-0.3, -0.25) is 9.59 Å². The highest BCUT2D eigenvalue weighted by molar-refractivity contribution is 6.36. The molecule has 0 aliphatic heterocycles. The lowest BCUT2D eigenvalue weighted by Gasteiger charge is -2.30. The summed E-state index contributed by atoms with van der Waals surface area (Å²) in [6, 6.07) is 11.8. The summed E-state index contributed by atoms with van der Waals surface area (Å²) >= 11 is 12.7. The average molecular weight is 451 g/mol. The van der Waals surface area contributed by atoms with Crippen molar-refractivity contribution in [3.63, 3.8) is 0 Å². The maximum absolute atomic E-state index is 13.2. The minimum absolute atomic E-state index is 0.0161. The topological polar surface area (TPSA) is 58.6 Å². The molecule has 0 spiro atoms. The van der Waals surface area contributed by atoms with Crippen LogP contribution >= 0.6 is 23.2 Å². The van der Waals surface area contributed by atoms with Gasteiger partial charge in [-0.2, -0.15) is 0 Å². The molecule has 0 fully saturated rings. The van der Waals surface area contributed by atoms with Gasteiger partial charge in [-0.05, 0) is 50.1 Å². The van der Waals surface area contributed by atoms with Crippen molar-refractivity contribution in [2.75, 3.05) is 7.11 Å². The lowest BCUT2D eigenvalue weighted by Crippen LogP contribution is -2.50. The van der Waals surface area contributed by atoms with Crippen molar-refractivity contribution in [3.05, 3.63) is 63.6 Å². The Bertz CT molecular complexity index is 851. The van der Waals surface area contributed by atoms with E-state index in [1.807, 2.05) is 26.0 Å². The highest BCUT2D eigenvalue weighted by atomic mass is 35.5. The summed E-state index contributed by atoms with van der Waals surface area (Å²) in [5, 5.41) is 3.86. The van der Waals surface area contributed by atoms with Crippen LogP contribution in [0.2, 0.25) is 10.0 Å². The van der Waals surface area contributed by atoms with Gasteiger partial charge in [0.05, 0.1) is 13.5 Å². The van der Waals surface area contributed by atoms with E-state index in [2.05, 4.69) is 5.32 Å². The first-order valence-corrected chi connectivity index (χ1v) is 10.7. The normalized spacial score (nSPS) is 12.7. The molecule has 2 atom stereocenters. The number of methoxy groups -OCH3 is 1. The fourth-order valence-electron chi connectivity index (χ4n) is 2.92. The number of benzene rings is 2. The van der Waals surface area contributed by atoms with Crippen LogP contribution in [0.25, 0.3) is 0 Å². The van der Waals surface area contributed by atoms with Gasteiger partial charge < -0.3 is 15.0 Å². The van der Waals surface area contributed by atoms with Crippen molar-refractivity contribution in [1.82, 2.24) is 10.2 Å². The average Bonchev–Trinajstić information content (AvgIpc) is 2.73. The van der Waals surface area contributed by atoms with E-state index >= 15 is 0 Å². The Morgan fingerprint density at radius 1 is 1.07 bits per heavy atom. The second-order valence-electron chi connectivity index (χ2n) is 7.24. The summed E-state index contributed by atoms with van der Waals surface area (Å²) in [5.41, 5.74) is 1.44. The van der Waals surface area contributed by atoms with Gasteiger partial charge in [0, 0.05) is 28.2 Å². The van der Waals surface area contributed by atoms with E-state index in [1.54, 1.807) is 44.4 Å². The third-order valence-electron chi connectivity index (χ3n) is 5.07. The van der Waals surface area contributed by atoms with Crippen molar-refractivity contribution in [3.8, 4) is 5.75 Å². The molecular weight excluding hydrogens is 423 g/mol. The molecule has 7 heteroatoms. The first kappa shape index (κ1) is 24.0. The van der Waals surface area contributed by atoms with Crippen molar-refractivity contribution in [2.45, 2.75) is 52.2 Å². The molecule has 1 N–H and O–H groups in total. The predicted molar refractivity (Wildman–Crippen MR) is 121 cm³/mol. The van der Waals surface area contributed by atoms with Gasteiger partial charge in [-0.25, -0.2) is 0 Å². The minimum Gasteiger partial charge on any atom is -0.497 e. The van der Waals surface area contributed by atoms with E-state index < -0.39 is 6.04 Å².